The van der Waals surface area contributed by atoms with Crippen molar-refractivity contribution in [2.45, 2.75) is 31.5 Å². The van der Waals surface area contributed by atoms with Crippen LogP contribution in [0.5, 0.6) is 0 Å². The van der Waals surface area contributed by atoms with Gasteiger partial charge in [0, 0.05) is 24.7 Å². The first kappa shape index (κ1) is 15.2. The molecule has 1 amide bonds. The van der Waals surface area contributed by atoms with Gasteiger partial charge in [0.15, 0.2) is 0 Å². The van der Waals surface area contributed by atoms with Gasteiger partial charge in [0.25, 0.3) is 0 Å². The van der Waals surface area contributed by atoms with Gasteiger partial charge in [-0.3, -0.25) is 4.79 Å². The van der Waals surface area contributed by atoms with Crippen LogP contribution in [0.3, 0.4) is 0 Å². The summed E-state index contributed by atoms with van der Waals surface area (Å²) < 4.78 is 37.9. The Bertz CT molecular complexity index is 574. The number of nitrogens with zero attached hydrogens (tertiary/aromatic N) is 1. The summed E-state index contributed by atoms with van der Waals surface area (Å²) in [6, 6.07) is 5.08. The molecule has 0 bridgehead atoms. The third-order valence-electron chi connectivity index (χ3n) is 3.07. The molecule has 2 rings (SSSR count). The monoisotopic (exact) mass is 297 g/mol. The van der Waals surface area contributed by atoms with Crippen molar-refractivity contribution in [1.29, 1.82) is 5.26 Å². The van der Waals surface area contributed by atoms with E-state index < -0.39 is 17.3 Å². The largest absolute Gasteiger partial charge is 0.417 e. The van der Waals surface area contributed by atoms with Crippen molar-refractivity contribution in [3.63, 3.8) is 0 Å². The minimum atomic E-state index is -4.55. The number of nitrogens with one attached hydrogen (secondary N) is 2. The lowest BCUT2D eigenvalue weighted by atomic mass is 10.1. The predicted octanol–water partition coefficient (Wildman–Crippen LogP) is 2.66. The smallest absolute Gasteiger partial charge is 0.384 e. The van der Waals surface area contributed by atoms with Gasteiger partial charge in [0.2, 0.25) is 5.91 Å². The van der Waals surface area contributed by atoms with Crippen molar-refractivity contribution < 1.29 is 18.0 Å². The van der Waals surface area contributed by atoms with Crippen molar-refractivity contribution >= 4 is 11.6 Å². The molecule has 1 aromatic carbocycles. The normalized spacial score (nSPS) is 14.4. The van der Waals surface area contributed by atoms with Crippen LogP contribution >= 0.6 is 0 Å². The molecule has 0 radical (unpaired) electrons. The molecule has 21 heavy (non-hydrogen) atoms. The molecule has 1 aliphatic rings. The second kappa shape index (κ2) is 6.04. The Kier molecular flexibility index (Phi) is 4.36. The minimum absolute atomic E-state index is 0.0857. The third kappa shape index (κ3) is 4.38. The summed E-state index contributed by atoms with van der Waals surface area (Å²) in [5.41, 5.74) is -1.00. The third-order valence-corrected chi connectivity index (χ3v) is 3.07. The molecule has 1 aromatic rings. The Morgan fingerprint density at radius 2 is 2.10 bits per heavy atom. The summed E-state index contributed by atoms with van der Waals surface area (Å²) >= 11 is 0. The van der Waals surface area contributed by atoms with E-state index >= 15 is 0 Å². The average Bonchev–Trinajstić information content (AvgIpc) is 3.21. The molecule has 1 aliphatic carbocycles. The van der Waals surface area contributed by atoms with E-state index in [4.69, 9.17) is 5.26 Å². The maximum atomic E-state index is 12.6. The number of hydrogen-bond donors (Lipinski definition) is 2. The fourth-order valence-electron chi connectivity index (χ4n) is 1.84. The summed E-state index contributed by atoms with van der Waals surface area (Å²) in [4.78, 5) is 11.4. The highest BCUT2D eigenvalue weighted by molar-refractivity contribution is 5.77. The number of carbonyl (C=O) groups excluding carboxylic acids is 1. The van der Waals surface area contributed by atoms with E-state index in [1.165, 1.54) is 12.1 Å². The van der Waals surface area contributed by atoms with Crippen LogP contribution in [0.25, 0.3) is 0 Å². The first-order chi connectivity index (χ1) is 9.90. The van der Waals surface area contributed by atoms with Crippen molar-refractivity contribution in [3.05, 3.63) is 29.3 Å². The molecule has 7 heteroatoms. The molecule has 4 nitrogen and oxygen atoms in total. The van der Waals surface area contributed by atoms with Crippen LogP contribution in [0.4, 0.5) is 18.9 Å². The second-order valence-corrected chi connectivity index (χ2v) is 4.89. The number of anilines is 1. The zero-order valence-corrected chi connectivity index (χ0v) is 11.1. The number of carbonyl (C=O) groups is 1. The van der Waals surface area contributed by atoms with Gasteiger partial charge in [0.1, 0.15) is 0 Å². The topological polar surface area (TPSA) is 64.9 Å². The summed E-state index contributed by atoms with van der Waals surface area (Å²) in [5.74, 6) is -0.0857. The first-order valence-electron chi connectivity index (χ1n) is 6.54. The highest BCUT2D eigenvalue weighted by atomic mass is 19.4. The Hall–Kier alpha value is -2.23. The SMILES string of the molecule is N#Cc1cc(NCCC(=O)NC2CC2)ccc1C(F)(F)F. The molecule has 0 atom stereocenters. The molecular formula is C14H14F3N3O. The molecule has 0 unspecified atom stereocenters. The molecule has 2 N–H and O–H groups in total. The number of rotatable bonds is 5. The van der Waals surface area contributed by atoms with E-state index in [1.54, 1.807) is 0 Å². The maximum Gasteiger partial charge on any atom is 0.417 e. The van der Waals surface area contributed by atoms with Gasteiger partial charge in [-0.1, -0.05) is 0 Å². The van der Waals surface area contributed by atoms with Gasteiger partial charge >= 0.3 is 6.18 Å². The lowest BCUT2D eigenvalue weighted by Crippen LogP contribution is -2.27. The average molecular weight is 297 g/mol. The van der Waals surface area contributed by atoms with Crippen LogP contribution in [0.2, 0.25) is 0 Å². The van der Waals surface area contributed by atoms with Crippen molar-refractivity contribution in [3.8, 4) is 6.07 Å². The molecule has 1 fully saturated rings. The molecule has 112 valence electrons. The quantitative estimate of drug-likeness (QED) is 0.878. The minimum Gasteiger partial charge on any atom is -0.384 e. The highest BCUT2D eigenvalue weighted by Gasteiger charge is 2.33. The molecular weight excluding hydrogens is 283 g/mol. The van der Waals surface area contributed by atoms with E-state index in [1.807, 2.05) is 0 Å². The predicted molar refractivity (Wildman–Crippen MR) is 70.4 cm³/mol. The molecule has 0 spiro atoms. The number of halogens is 3. The second-order valence-electron chi connectivity index (χ2n) is 4.89. The van der Waals surface area contributed by atoms with Crippen LogP contribution in [0.15, 0.2) is 18.2 Å². The summed E-state index contributed by atoms with van der Waals surface area (Å²) in [6.07, 6.45) is -2.31. The Morgan fingerprint density at radius 3 is 2.67 bits per heavy atom. The number of nitriles is 1. The molecule has 0 heterocycles. The number of benzene rings is 1. The first-order valence-corrected chi connectivity index (χ1v) is 6.54. The Morgan fingerprint density at radius 1 is 1.38 bits per heavy atom. The van der Waals surface area contributed by atoms with Crippen LogP contribution in [0.1, 0.15) is 30.4 Å². The summed E-state index contributed by atoms with van der Waals surface area (Å²) in [7, 11) is 0. The number of amides is 1. The van der Waals surface area contributed by atoms with Gasteiger partial charge in [-0.2, -0.15) is 18.4 Å². The highest BCUT2D eigenvalue weighted by Crippen LogP contribution is 2.32. The van der Waals surface area contributed by atoms with Gasteiger partial charge in [-0.15, -0.1) is 0 Å². The maximum absolute atomic E-state index is 12.6. The standard InChI is InChI=1S/C14H14F3N3O/c15-14(16,17)12-4-3-11(7-9(12)8-18)19-6-5-13(21)20-10-1-2-10/h3-4,7,10,19H,1-2,5-6H2,(H,20,21). The van der Waals surface area contributed by atoms with Crippen LogP contribution in [0, 0.1) is 11.3 Å². The van der Waals surface area contributed by atoms with Crippen molar-refractivity contribution in [2.24, 2.45) is 0 Å². The van der Waals surface area contributed by atoms with Crippen molar-refractivity contribution in [2.75, 3.05) is 11.9 Å². The fraction of sp³-hybridized carbons (Fsp3) is 0.429. The molecule has 0 saturated heterocycles. The van der Waals surface area contributed by atoms with E-state index in [0.717, 1.165) is 25.0 Å². The zero-order chi connectivity index (χ0) is 15.5. The zero-order valence-electron chi connectivity index (χ0n) is 11.1. The number of alkyl halides is 3. The fourth-order valence-corrected chi connectivity index (χ4v) is 1.84. The van der Waals surface area contributed by atoms with Gasteiger partial charge in [-0.25, -0.2) is 0 Å². The van der Waals surface area contributed by atoms with Gasteiger partial charge in [-0.05, 0) is 31.0 Å². The van der Waals surface area contributed by atoms with E-state index in [0.29, 0.717) is 12.2 Å². The van der Waals surface area contributed by atoms with E-state index in [2.05, 4.69) is 10.6 Å². The summed E-state index contributed by atoms with van der Waals surface area (Å²) in [5, 5.41) is 14.4. The van der Waals surface area contributed by atoms with Crippen LogP contribution in [-0.2, 0) is 11.0 Å². The molecule has 1 saturated carbocycles. The number of hydrogen-bond acceptors (Lipinski definition) is 3. The van der Waals surface area contributed by atoms with E-state index in [9.17, 15) is 18.0 Å². The Labute approximate surface area is 119 Å². The van der Waals surface area contributed by atoms with Crippen LogP contribution in [-0.4, -0.2) is 18.5 Å². The van der Waals surface area contributed by atoms with E-state index in [-0.39, 0.29) is 18.4 Å². The molecule has 0 aliphatic heterocycles. The lowest BCUT2D eigenvalue weighted by Gasteiger charge is -2.11. The summed E-state index contributed by atoms with van der Waals surface area (Å²) in [6.45, 7) is 0.300. The van der Waals surface area contributed by atoms with Crippen molar-refractivity contribution in [1.82, 2.24) is 5.32 Å². The van der Waals surface area contributed by atoms with Gasteiger partial charge < -0.3 is 10.6 Å². The van der Waals surface area contributed by atoms with Crippen LogP contribution < -0.4 is 10.6 Å². The Balaban J connectivity index is 1.91. The lowest BCUT2D eigenvalue weighted by molar-refractivity contribution is -0.137. The molecule has 0 aromatic heterocycles. The van der Waals surface area contributed by atoms with Gasteiger partial charge in [0.05, 0.1) is 17.2 Å².